The number of rotatable bonds is 22. The molecule has 1 aromatic rings. The average Bonchev–Trinajstić information content (AvgIpc) is 2.88. The van der Waals surface area contributed by atoms with Crippen molar-refractivity contribution in [1.82, 2.24) is 5.32 Å². The first-order chi connectivity index (χ1) is 17.5. The van der Waals surface area contributed by atoms with E-state index in [2.05, 4.69) is 38.2 Å². The molecule has 0 spiro atoms. The third-order valence-corrected chi connectivity index (χ3v) is 6.67. The number of methoxy groups -OCH3 is 1. The van der Waals surface area contributed by atoms with Gasteiger partial charge in [-0.2, -0.15) is 0 Å². The molecule has 0 bridgehead atoms. The second-order valence-electron chi connectivity index (χ2n) is 10.3. The maximum atomic E-state index is 12.2. The van der Waals surface area contributed by atoms with Gasteiger partial charge in [0.05, 0.1) is 7.11 Å². The van der Waals surface area contributed by atoms with Crippen molar-refractivity contribution in [2.45, 2.75) is 123 Å². The molecule has 0 aliphatic carbocycles. The summed E-state index contributed by atoms with van der Waals surface area (Å²) in [7, 11) is 1.62. The van der Waals surface area contributed by atoms with E-state index < -0.39 is 0 Å². The quantitative estimate of drug-likeness (QED) is 0.126. The lowest BCUT2D eigenvalue weighted by atomic mass is 10.1. The van der Waals surface area contributed by atoms with Gasteiger partial charge in [0.2, 0.25) is 5.91 Å². The molecule has 5 heteroatoms. The van der Waals surface area contributed by atoms with E-state index in [4.69, 9.17) is 15.2 Å². The number of ether oxygens (including phenoxy) is 2. The lowest BCUT2D eigenvalue weighted by Gasteiger charge is -2.18. The number of nitrogens with one attached hydrogen (secondary N) is 1. The van der Waals surface area contributed by atoms with Crippen molar-refractivity contribution < 1.29 is 14.3 Å². The highest BCUT2D eigenvalue weighted by molar-refractivity contribution is 5.75. The maximum Gasteiger partial charge on any atom is 0.220 e. The van der Waals surface area contributed by atoms with Crippen LogP contribution in [-0.2, 0) is 11.3 Å². The van der Waals surface area contributed by atoms with Crippen LogP contribution >= 0.6 is 0 Å². The highest BCUT2D eigenvalue weighted by atomic mass is 16.5. The molecule has 1 amide bonds. The number of carbonyl (C=O) groups is 1. The molecule has 1 aromatic carbocycles. The van der Waals surface area contributed by atoms with Crippen LogP contribution in [0.1, 0.15) is 116 Å². The van der Waals surface area contributed by atoms with Gasteiger partial charge in [0.15, 0.2) is 11.5 Å². The van der Waals surface area contributed by atoms with Crippen LogP contribution in [0.15, 0.2) is 30.4 Å². The Morgan fingerprint density at radius 3 is 2.14 bits per heavy atom. The second kappa shape index (κ2) is 21.1. The Balaban J connectivity index is 2.09. The van der Waals surface area contributed by atoms with Crippen molar-refractivity contribution in [3.63, 3.8) is 0 Å². The van der Waals surface area contributed by atoms with E-state index in [1.54, 1.807) is 7.11 Å². The van der Waals surface area contributed by atoms with Crippen molar-refractivity contribution in [2.24, 2.45) is 11.7 Å². The van der Waals surface area contributed by atoms with Crippen LogP contribution in [0.5, 0.6) is 11.5 Å². The third-order valence-electron chi connectivity index (χ3n) is 6.67. The van der Waals surface area contributed by atoms with Crippen molar-refractivity contribution in [2.75, 3.05) is 13.7 Å². The Hall–Kier alpha value is -2.01. The number of amides is 1. The summed E-state index contributed by atoms with van der Waals surface area (Å²) in [5, 5.41) is 3.02. The molecule has 0 saturated carbocycles. The molecule has 0 radical (unpaired) electrons. The number of hydrogen-bond acceptors (Lipinski definition) is 4. The van der Waals surface area contributed by atoms with Crippen LogP contribution in [0.4, 0.5) is 0 Å². The summed E-state index contributed by atoms with van der Waals surface area (Å²) >= 11 is 0. The van der Waals surface area contributed by atoms with Crippen molar-refractivity contribution in [1.29, 1.82) is 0 Å². The summed E-state index contributed by atoms with van der Waals surface area (Å²) in [6, 6.07) is 5.74. The lowest BCUT2D eigenvalue weighted by Crippen LogP contribution is -2.33. The van der Waals surface area contributed by atoms with Gasteiger partial charge < -0.3 is 20.5 Å². The summed E-state index contributed by atoms with van der Waals surface area (Å²) in [6.45, 7) is 7.36. The maximum absolute atomic E-state index is 12.2. The van der Waals surface area contributed by atoms with Gasteiger partial charge in [-0.1, -0.05) is 90.4 Å². The molecule has 206 valence electrons. The summed E-state index contributed by atoms with van der Waals surface area (Å²) < 4.78 is 11.3. The second-order valence-corrected chi connectivity index (χ2v) is 10.3. The molecule has 0 heterocycles. The normalized spacial score (nSPS) is 12.3. The van der Waals surface area contributed by atoms with E-state index in [1.807, 2.05) is 18.2 Å². The average molecular weight is 503 g/mol. The number of nitrogens with two attached hydrogens (primary N) is 1. The molecule has 5 nitrogen and oxygen atoms in total. The molecule has 1 rings (SSSR count). The lowest BCUT2D eigenvalue weighted by molar-refractivity contribution is -0.121. The SMILES string of the molecule is CCCCCCCC/C=C\CCCCCCCC(=O)NCc1ccc(OCC(N)C(C)C)c(OC)c1. The van der Waals surface area contributed by atoms with Gasteiger partial charge in [-0.3, -0.25) is 4.79 Å². The molecule has 3 N–H and O–H groups in total. The van der Waals surface area contributed by atoms with Gasteiger partial charge in [0.1, 0.15) is 6.61 Å². The van der Waals surface area contributed by atoms with Crippen LogP contribution in [0.2, 0.25) is 0 Å². The monoisotopic (exact) mass is 502 g/mol. The molecule has 0 aromatic heterocycles. The molecule has 1 atom stereocenters. The van der Waals surface area contributed by atoms with Gasteiger partial charge in [0, 0.05) is 19.0 Å². The summed E-state index contributed by atoms with van der Waals surface area (Å²) in [4.78, 5) is 12.2. The number of carbonyl (C=O) groups excluding carboxylic acids is 1. The highest BCUT2D eigenvalue weighted by Crippen LogP contribution is 2.28. The van der Waals surface area contributed by atoms with E-state index in [-0.39, 0.29) is 11.9 Å². The zero-order valence-electron chi connectivity index (χ0n) is 23.7. The number of hydrogen-bond donors (Lipinski definition) is 2. The van der Waals surface area contributed by atoms with Crippen molar-refractivity contribution in [3.8, 4) is 11.5 Å². The highest BCUT2D eigenvalue weighted by Gasteiger charge is 2.12. The van der Waals surface area contributed by atoms with Crippen LogP contribution in [-0.4, -0.2) is 25.7 Å². The smallest absolute Gasteiger partial charge is 0.220 e. The topological polar surface area (TPSA) is 73.6 Å². The van der Waals surface area contributed by atoms with Crippen molar-refractivity contribution >= 4 is 5.91 Å². The van der Waals surface area contributed by atoms with E-state index in [0.29, 0.717) is 37.0 Å². The molecular formula is C31H54N2O3. The minimum Gasteiger partial charge on any atom is -0.493 e. The Morgan fingerprint density at radius 1 is 0.917 bits per heavy atom. The summed E-state index contributed by atoms with van der Waals surface area (Å²) in [5.74, 6) is 1.80. The van der Waals surface area contributed by atoms with Crippen LogP contribution in [0.3, 0.4) is 0 Å². The van der Waals surface area contributed by atoms with E-state index >= 15 is 0 Å². The Labute approximate surface area is 221 Å². The minimum atomic E-state index is -0.0229. The van der Waals surface area contributed by atoms with E-state index in [9.17, 15) is 4.79 Å². The van der Waals surface area contributed by atoms with E-state index in [1.165, 1.54) is 70.6 Å². The predicted octanol–water partition coefficient (Wildman–Crippen LogP) is 7.71. The van der Waals surface area contributed by atoms with Crippen LogP contribution in [0.25, 0.3) is 0 Å². The van der Waals surface area contributed by atoms with Gasteiger partial charge in [0.25, 0.3) is 0 Å². The number of allylic oxidation sites excluding steroid dienone is 2. The molecule has 0 aliphatic rings. The summed E-state index contributed by atoms with van der Waals surface area (Å²) in [6.07, 6.45) is 21.7. The molecular weight excluding hydrogens is 448 g/mol. The standard InChI is InChI=1S/C31H54N2O3/c1-5-6-7-8-9-10-11-12-13-14-15-16-17-18-19-20-31(34)33-24-27-21-22-29(30(23-27)35-4)36-25-28(32)26(2)3/h12-13,21-23,26,28H,5-11,14-20,24-25,32H2,1-4H3,(H,33,34)/b13-12-. The Bertz CT molecular complexity index is 718. The van der Waals surface area contributed by atoms with Crippen LogP contribution in [0, 0.1) is 5.92 Å². The van der Waals surface area contributed by atoms with Gasteiger partial charge in [-0.25, -0.2) is 0 Å². The van der Waals surface area contributed by atoms with Gasteiger partial charge in [-0.05, 0) is 55.7 Å². The first kappa shape index (κ1) is 32.0. The minimum absolute atomic E-state index is 0.0229. The van der Waals surface area contributed by atoms with Gasteiger partial charge >= 0.3 is 0 Å². The number of benzene rings is 1. The summed E-state index contributed by atoms with van der Waals surface area (Å²) in [5.41, 5.74) is 7.06. The Kier molecular flexibility index (Phi) is 18.8. The number of unbranched alkanes of at least 4 members (excludes halogenated alkanes) is 11. The van der Waals surface area contributed by atoms with Gasteiger partial charge in [-0.15, -0.1) is 0 Å². The fourth-order valence-electron chi connectivity index (χ4n) is 3.96. The molecule has 0 fully saturated rings. The molecule has 0 saturated heterocycles. The predicted molar refractivity (Wildman–Crippen MR) is 153 cm³/mol. The molecule has 0 aliphatic heterocycles. The molecule has 36 heavy (non-hydrogen) atoms. The fraction of sp³-hybridized carbons (Fsp3) is 0.710. The largest absolute Gasteiger partial charge is 0.493 e. The van der Waals surface area contributed by atoms with Crippen LogP contribution < -0.4 is 20.5 Å². The zero-order chi connectivity index (χ0) is 26.4. The fourth-order valence-corrected chi connectivity index (χ4v) is 3.96. The van der Waals surface area contributed by atoms with Crippen molar-refractivity contribution in [3.05, 3.63) is 35.9 Å². The van der Waals surface area contributed by atoms with E-state index in [0.717, 1.165) is 18.4 Å². The Morgan fingerprint density at radius 2 is 1.53 bits per heavy atom. The zero-order valence-corrected chi connectivity index (χ0v) is 23.7. The first-order valence-electron chi connectivity index (χ1n) is 14.4. The third kappa shape index (κ3) is 15.9. The first-order valence-corrected chi connectivity index (χ1v) is 14.4. The molecule has 1 unspecified atom stereocenters.